The second-order valence-electron chi connectivity index (χ2n) is 7.65. The Labute approximate surface area is 174 Å². The predicted molar refractivity (Wildman–Crippen MR) is 115 cm³/mol. The molecule has 4 rings (SSSR count). The van der Waals surface area contributed by atoms with Crippen LogP contribution in [0.25, 0.3) is 5.69 Å². The van der Waals surface area contributed by atoms with Crippen LogP contribution in [0.15, 0.2) is 36.0 Å². The third-order valence-electron chi connectivity index (χ3n) is 5.54. The number of carbonyl (C=O) groups is 1. The first-order valence-electron chi connectivity index (χ1n) is 9.98. The van der Waals surface area contributed by atoms with Crippen LogP contribution in [-0.4, -0.2) is 49.9 Å². The Kier molecular flexibility index (Phi) is 5.62. The molecule has 8 heteroatoms. The van der Waals surface area contributed by atoms with Crippen molar-refractivity contribution in [3.8, 4) is 5.69 Å². The highest BCUT2D eigenvalue weighted by Crippen LogP contribution is 2.28. The number of piperidine rings is 1. The number of nitrogens with zero attached hydrogens (tertiary/aromatic N) is 5. The molecule has 0 unspecified atom stereocenters. The third-order valence-corrected chi connectivity index (χ3v) is 6.46. The van der Waals surface area contributed by atoms with Crippen LogP contribution in [0.1, 0.15) is 41.4 Å². The Balaban J connectivity index is 1.61. The Morgan fingerprint density at radius 2 is 2.07 bits per heavy atom. The van der Waals surface area contributed by atoms with Gasteiger partial charge in [-0.05, 0) is 44.2 Å². The predicted octanol–water partition coefficient (Wildman–Crippen LogP) is 3.69. The van der Waals surface area contributed by atoms with Gasteiger partial charge in [-0.1, -0.05) is 19.1 Å². The molecular formula is C21H26N6OS. The number of carbonyl (C=O) groups excluding carboxylic acids is 1. The van der Waals surface area contributed by atoms with Crippen molar-refractivity contribution >= 4 is 22.4 Å². The zero-order valence-electron chi connectivity index (χ0n) is 17.0. The van der Waals surface area contributed by atoms with Gasteiger partial charge in [-0.3, -0.25) is 4.79 Å². The highest BCUT2D eigenvalue weighted by molar-refractivity contribution is 7.13. The van der Waals surface area contributed by atoms with Crippen LogP contribution in [0.3, 0.4) is 0 Å². The van der Waals surface area contributed by atoms with Crippen molar-refractivity contribution < 1.29 is 4.79 Å². The van der Waals surface area contributed by atoms with Crippen LogP contribution in [0.4, 0.5) is 5.13 Å². The average molecular weight is 411 g/mol. The van der Waals surface area contributed by atoms with Gasteiger partial charge in [0, 0.05) is 18.5 Å². The van der Waals surface area contributed by atoms with E-state index in [0.717, 1.165) is 41.5 Å². The molecule has 0 spiro atoms. The van der Waals surface area contributed by atoms with Gasteiger partial charge in [0.15, 0.2) is 5.13 Å². The maximum atomic E-state index is 13.7. The van der Waals surface area contributed by atoms with Gasteiger partial charge in [-0.2, -0.15) is 15.0 Å². The Morgan fingerprint density at radius 3 is 2.79 bits per heavy atom. The number of aromatic nitrogens is 4. The molecule has 1 aromatic carbocycles. The quantitative estimate of drug-likeness (QED) is 0.694. The molecule has 0 radical (unpaired) electrons. The maximum absolute atomic E-state index is 13.7. The molecule has 152 valence electrons. The zero-order valence-corrected chi connectivity index (χ0v) is 17.8. The van der Waals surface area contributed by atoms with Crippen molar-refractivity contribution in [2.24, 2.45) is 5.92 Å². The van der Waals surface area contributed by atoms with E-state index >= 15 is 0 Å². The van der Waals surface area contributed by atoms with Gasteiger partial charge in [0.1, 0.15) is 5.69 Å². The van der Waals surface area contributed by atoms with Gasteiger partial charge >= 0.3 is 0 Å². The first-order chi connectivity index (χ1) is 14.0. The number of thiazole rings is 1. The van der Waals surface area contributed by atoms with E-state index in [2.05, 4.69) is 27.4 Å². The number of rotatable bonds is 5. The van der Waals surface area contributed by atoms with E-state index in [1.807, 2.05) is 42.3 Å². The third kappa shape index (κ3) is 4.03. The van der Waals surface area contributed by atoms with Gasteiger partial charge in [-0.25, -0.2) is 4.98 Å². The monoisotopic (exact) mass is 410 g/mol. The molecular weight excluding hydrogens is 384 g/mol. The van der Waals surface area contributed by atoms with Gasteiger partial charge < -0.3 is 10.2 Å². The Bertz CT molecular complexity index is 983. The summed E-state index contributed by atoms with van der Waals surface area (Å²) in [5.41, 5.74) is 3.39. The summed E-state index contributed by atoms with van der Waals surface area (Å²) >= 11 is 1.60. The number of amides is 1. The van der Waals surface area contributed by atoms with Crippen LogP contribution in [0, 0.1) is 19.8 Å². The Hall–Kier alpha value is -2.74. The standard InChI is InChI=1S/C21H26N6OS/c1-14-7-5-11-26(18(14)12-22-21-25-16(3)13-29-21)20(28)17-8-4-6-15(2)19(17)27-23-9-10-24-27/h4,6,8-10,13-14,18H,5,7,11-12H2,1-3H3,(H,22,25)/t14-,18-/m1/s1. The summed E-state index contributed by atoms with van der Waals surface area (Å²) < 4.78 is 0. The molecule has 1 aliphatic rings. The number of anilines is 1. The van der Waals surface area contributed by atoms with Crippen molar-refractivity contribution in [3.05, 3.63) is 52.8 Å². The molecule has 3 heterocycles. The van der Waals surface area contributed by atoms with Crippen molar-refractivity contribution in [2.75, 3.05) is 18.4 Å². The molecule has 29 heavy (non-hydrogen) atoms. The summed E-state index contributed by atoms with van der Waals surface area (Å²) in [6, 6.07) is 5.90. The molecule has 2 aromatic heterocycles. The van der Waals surface area contributed by atoms with Crippen LogP contribution in [-0.2, 0) is 0 Å². The molecule has 1 N–H and O–H groups in total. The van der Waals surface area contributed by atoms with Crippen molar-refractivity contribution in [1.29, 1.82) is 0 Å². The number of benzene rings is 1. The van der Waals surface area contributed by atoms with Crippen molar-refractivity contribution in [3.63, 3.8) is 0 Å². The van der Waals surface area contributed by atoms with Crippen molar-refractivity contribution in [2.45, 2.75) is 39.7 Å². The lowest BCUT2D eigenvalue weighted by atomic mass is 9.90. The Morgan fingerprint density at radius 1 is 1.28 bits per heavy atom. The molecule has 0 aliphatic carbocycles. The summed E-state index contributed by atoms with van der Waals surface area (Å²) in [6.45, 7) is 7.65. The largest absolute Gasteiger partial charge is 0.359 e. The van der Waals surface area contributed by atoms with Crippen LogP contribution < -0.4 is 5.32 Å². The molecule has 7 nitrogen and oxygen atoms in total. The summed E-state index contributed by atoms with van der Waals surface area (Å²) in [5, 5.41) is 14.9. The molecule has 3 aromatic rings. The molecule has 0 bridgehead atoms. The molecule has 1 fully saturated rings. The fourth-order valence-corrected chi connectivity index (χ4v) is 4.72. The summed E-state index contributed by atoms with van der Waals surface area (Å²) in [7, 11) is 0. The summed E-state index contributed by atoms with van der Waals surface area (Å²) in [6.07, 6.45) is 5.40. The van der Waals surface area contributed by atoms with Gasteiger partial charge in [0.25, 0.3) is 5.91 Å². The van der Waals surface area contributed by atoms with Crippen molar-refractivity contribution in [1.82, 2.24) is 24.9 Å². The van der Waals surface area contributed by atoms with E-state index in [1.165, 1.54) is 0 Å². The number of hydrogen-bond acceptors (Lipinski definition) is 6. The lowest BCUT2D eigenvalue weighted by Gasteiger charge is -2.40. The SMILES string of the molecule is Cc1csc(NC[C@@H]2[C@H](C)CCCN2C(=O)c2cccc(C)c2-n2nccn2)n1. The van der Waals surface area contributed by atoms with Crippen LogP contribution >= 0.6 is 11.3 Å². The molecule has 1 saturated heterocycles. The van der Waals surface area contributed by atoms with E-state index in [9.17, 15) is 4.79 Å². The second-order valence-corrected chi connectivity index (χ2v) is 8.51. The summed E-state index contributed by atoms with van der Waals surface area (Å²) in [5.74, 6) is 0.451. The minimum Gasteiger partial charge on any atom is -0.359 e. The van der Waals surface area contributed by atoms with E-state index in [1.54, 1.807) is 28.5 Å². The highest BCUT2D eigenvalue weighted by Gasteiger charge is 2.33. The number of hydrogen-bond donors (Lipinski definition) is 1. The van der Waals surface area contributed by atoms with E-state index in [0.29, 0.717) is 18.0 Å². The number of para-hydroxylation sites is 1. The molecule has 1 amide bonds. The average Bonchev–Trinajstić information content (AvgIpc) is 3.38. The number of nitrogens with one attached hydrogen (secondary N) is 1. The topological polar surface area (TPSA) is 75.9 Å². The van der Waals surface area contributed by atoms with E-state index in [-0.39, 0.29) is 11.9 Å². The minimum absolute atomic E-state index is 0.0367. The normalized spacial score (nSPS) is 19.3. The van der Waals surface area contributed by atoms with Crippen LogP contribution in [0.2, 0.25) is 0 Å². The highest BCUT2D eigenvalue weighted by atomic mass is 32.1. The molecule has 2 atom stereocenters. The summed E-state index contributed by atoms with van der Waals surface area (Å²) in [4.78, 5) is 21.7. The van der Waals surface area contributed by atoms with Gasteiger partial charge in [0.05, 0.1) is 29.7 Å². The molecule has 0 saturated carbocycles. The number of likely N-dealkylation sites (tertiary alicyclic amines) is 1. The fraction of sp³-hybridized carbons (Fsp3) is 0.429. The van der Waals surface area contributed by atoms with Gasteiger partial charge in [-0.15, -0.1) is 11.3 Å². The smallest absolute Gasteiger partial charge is 0.256 e. The minimum atomic E-state index is 0.0367. The van der Waals surface area contributed by atoms with Gasteiger partial charge in [0.2, 0.25) is 0 Å². The fourth-order valence-electron chi connectivity index (χ4n) is 4.02. The first-order valence-corrected chi connectivity index (χ1v) is 10.9. The zero-order chi connectivity index (χ0) is 20.4. The lowest BCUT2D eigenvalue weighted by molar-refractivity contribution is 0.0539. The second kappa shape index (κ2) is 8.32. The first kappa shape index (κ1) is 19.6. The van der Waals surface area contributed by atoms with E-state index in [4.69, 9.17) is 0 Å². The van der Waals surface area contributed by atoms with E-state index < -0.39 is 0 Å². The maximum Gasteiger partial charge on any atom is 0.256 e. The van der Waals surface area contributed by atoms with Crippen LogP contribution in [0.5, 0.6) is 0 Å². The lowest BCUT2D eigenvalue weighted by Crippen LogP contribution is -2.51. The number of aryl methyl sites for hydroxylation is 2. The molecule has 1 aliphatic heterocycles.